The number of rotatable bonds is 4. The standard InChI is InChI=1S/C28H40O7/c1-18-14-20-16-19(2)28(23(15-18)17-20)34-32-27(33-35-28)12-10-22(11-13-27)21-6-8-24(9-7-21)31-26(3,4)25(29)30-5/h6-9,18-20,22-23H,10-17H2,1-5H3. The molecule has 35 heavy (non-hydrogen) atoms. The number of fused-ring (bicyclic) bond motifs is 3. The van der Waals surface area contributed by atoms with E-state index in [0.29, 0.717) is 36.3 Å². The molecular weight excluding hydrogens is 448 g/mol. The summed E-state index contributed by atoms with van der Waals surface area (Å²) in [4.78, 5) is 36.4. The van der Waals surface area contributed by atoms with Crippen molar-refractivity contribution in [1.82, 2.24) is 0 Å². The van der Waals surface area contributed by atoms with Gasteiger partial charge >= 0.3 is 5.97 Å². The Hall–Kier alpha value is -1.67. The number of hydrogen-bond donors (Lipinski definition) is 0. The SMILES string of the molecule is COC(=O)C(C)(C)Oc1ccc(C2CCC3(CC2)OOC2(OO3)C(C)CC3CC(C)CC2C3)cc1. The van der Waals surface area contributed by atoms with Crippen LogP contribution in [0.25, 0.3) is 0 Å². The molecule has 0 amide bonds. The monoisotopic (exact) mass is 488 g/mol. The first-order chi connectivity index (χ1) is 16.6. The Morgan fingerprint density at radius 1 is 0.943 bits per heavy atom. The van der Waals surface area contributed by atoms with Crippen molar-refractivity contribution >= 4 is 5.97 Å². The molecule has 0 N–H and O–H groups in total. The Bertz CT molecular complexity index is 888. The zero-order valence-corrected chi connectivity index (χ0v) is 21.7. The summed E-state index contributed by atoms with van der Waals surface area (Å²) in [7, 11) is 1.36. The quantitative estimate of drug-likeness (QED) is 0.376. The van der Waals surface area contributed by atoms with Crippen LogP contribution in [-0.4, -0.2) is 30.3 Å². The normalized spacial score (nSPS) is 39.4. The third kappa shape index (κ3) is 4.73. The highest BCUT2D eigenvalue weighted by Crippen LogP contribution is 2.55. The van der Waals surface area contributed by atoms with Crippen LogP contribution in [0, 0.1) is 23.7 Å². The molecule has 3 saturated carbocycles. The van der Waals surface area contributed by atoms with Crippen LogP contribution in [0.1, 0.15) is 90.5 Å². The van der Waals surface area contributed by atoms with Gasteiger partial charge < -0.3 is 9.47 Å². The topological polar surface area (TPSA) is 72.5 Å². The van der Waals surface area contributed by atoms with E-state index < -0.39 is 23.1 Å². The van der Waals surface area contributed by atoms with Crippen molar-refractivity contribution < 1.29 is 33.8 Å². The van der Waals surface area contributed by atoms with Gasteiger partial charge in [0.1, 0.15) is 5.75 Å². The molecule has 4 fully saturated rings. The van der Waals surface area contributed by atoms with Gasteiger partial charge in [0.05, 0.1) is 7.11 Å². The van der Waals surface area contributed by atoms with E-state index in [-0.39, 0.29) is 5.92 Å². The molecule has 2 bridgehead atoms. The van der Waals surface area contributed by atoms with Crippen LogP contribution < -0.4 is 4.74 Å². The van der Waals surface area contributed by atoms with Gasteiger partial charge in [0.15, 0.2) is 5.60 Å². The lowest BCUT2D eigenvalue weighted by atomic mass is 9.62. The first kappa shape index (κ1) is 25.0. The maximum absolute atomic E-state index is 11.9. The van der Waals surface area contributed by atoms with Gasteiger partial charge in [0.25, 0.3) is 0 Å². The van der Waals surface area contributed by atoms with Gasteiger partial charge in [-0.15, -0.1) is 0 Å². The van der Waals surface area contributed by atoms with Crippen LogP contribution in [0.3, 0.4) is 0 Å². The van der Waals surface area contributed by atoms with Crippen molar-refractivity contribution in [2.45, 2.75) is 102 Å². The molecule has 4 unspecified atom stereocenters. The van der Waals surface area contributed by atoms with E-state index in [4.69, 9.17) is 29.0 Å². The molecule has 4 atom stereocenters. The lowest BCUT2D eigenvalue weighted by molar-refractivity contribution is -0.677. The summed E-state index contributed by atoms with van der Waals surface area (Å²) < 4.78 is 10.7. The van der Waals surface area contributed by atoms with E-state index in [9.17, 15) is 4.79 Å². The number of methoxy groups -OCH3 is 1. The van der Waals surface area contributed by atoms with Crippen molar-refractivity contribution in [3.8, 4) is 5.75 Å². The molecule has 1 aromatic rings. The highest BCUT2D eigenvalue weighted by molar-refractivity contribution is 5.78. The number of hydrogen-bond acceptors (Lipinski definition) is 7. The van der Waals surface area contributed by atoms with Crippen molar-refractivity contribution in [2.75, 3.05) is 7.11 Å². The molecule has 194 valence electrons. The van der Waals surface area contributed by atoms with E-state index in [0.717, 1.165) is 38.0 Å². The molecule has 0 aromatic heterocycles. The van der Waals surface area contributed by atoms with Gasteiger partial charge in [-0.2, -0.15) is 19.6 Å². The maximum Gasteiger partial charge on any atom is 0.349 e. The third-order valence-electron chi connectivity index (χ3n) is 8.78. The summed E-state index contributed by atoms with van der Waals surface area (Å²) in [6.45, 7) is 7.94. The molecular formula is C28H40O7. The van der Waals surface area contributed by atoms with E-state index in [1.54, 1.807) is 13.8 Å². The summed E-state index contributed by atoms with van der Waals surface area (Å²) in [5.41, 5.74) is 0.202. The summed E-state index contributed by atoms with van der Waals surface area (Å²) >= 11 is 0. The minimum Gasteiger partial charge on any atom is -0.476 e. The molecule has 0 radical (unpaired) electrons. The smallest absolute Gasteiger partial charge is 0.349 e. The van der Waals surface area contributed by atoms with Crippen molar-refractivity contribution in [3.63, 3.8) is 0 Å². The highest BCUT2D eigenvalue weighted by atomic mass is 17.4. The minimum atomic E-state index is -1.03. The molecule has 1 heterocycles. The van der Waals surface area contributed by atoms with Crippen LogP contribution in [0.15, 0.2) is 24.3 Å². The second-order valence-electron chi connectivity index (χ2n) is 11.9. The van der Waals surface area contributed by atoms with Crippen molar-refractivity contribution in [3.05, 3.63) is 29.8 Å². The molecule has 1 aromatic carbocycles. The fourth-order valence-corrected chi connectivity index (χ4v) is 6.89. The second-order valence-corrected chi connectivity index (χ2v) is 11.9. The molecule has 3 aliphatic carbocycles. The van der Waals surface area contributed by atoms with Gasteiger partial charge in [-0.25, -0.2) is 4.79 Å². The summed E-state index contributed by atoms with van der Waals surface area (Å²) in [5.74, 6) is 1.03. The Balaban J connectivity index is 1.17. The molecule has 7 heteroatoms. The maximum atomic E-state index is 11.9. The van der Waals surface area contributed by atoms with Gasteiger partial charge in [-0.05, 0) is 87.8 Å². The zero-order chi connectivity index (χ0) is 24.8. The summed E-state index contributed by atoms with van der Waals surface area (Å²) in [6, 6.07) is 7.97. The van der Waals surface area contributed by atoms with Crippen LogP contribution in [-0.2, 0) is 29.1 Å². The van der Waals surface area contributed by atoms with Gasteiger partial charge in [0, 0.05) is 24.7 Å². The van der Waals surface area contributed by atoms with Crippen molar-refractivity contribution in [1.29, 1.82) is 0 Å². The van der Waals surface area contributed by atoms with Crippen LogP contribution in [0.4, 0.5) is 0 Å². The van der Waals surface area contributed by atoms with Crippen LogP contribution in [0.5, 0.6) is 5.75 Å². The molecule has 2 spiro atoms. The zero-order valence-electron chi connectivity index (χ0n) is 21.7. The average Bonchev–Trinajstić information content (AvgIpc) is 2.84. The fraction of sp³-hybridized carbons (Fsp3) is 0.750. The number of esters is 1. The van der Waals surface area contributed by atoms with Gasteiger partial charge in [0.2, 0.25) is 11.6 Å². The first-order valence-electron chi connectivity index (χ1n) is 13.3. The summed E-state index contributed by atoms with van der Waals surface area (Å²) in [5, 5.41) is 0. The number of benzene rings is 1. The molecule has 5 rings (SSSR count). The Labute approximate surface area is 208 Å². The van der Waals surface area contributed by atoms with E-state index >= 15 is 0 Å². The fourth-order valence-electron chi connectivity index (χ4n) is 6.89. The molecule has 4 aliphatic rings. The predicted octanol–water partition coefficient (Wildman–Crippen LogP) is 6.07. The van der Waals surface area contributed by atoms with E-state index in [1.807, 2.05) is 12.1 Å². The average molecular weight is 489 g/mol. The first-order valence-corrected chi connectivity index (χ1v) is 13.3. The summed E-state index contributed by atoms with van der Waals surface area (Å²) in [6.07, 6.45) is 7.86. The Kier molecular flexibility index (Phi) is 6.66. The number of carbonyl (C=O) groups is 1. The Morgan fingerprint density at radius 3 is 2.23 bits per heavy atom. The van der Waals surface area contributed by atoms with E-state index in [1.165, 1.54) is 19.1 Å². The Morgan fingerprint density at radius 2 is 1.60 bits per heavy atom. The van der Waals surface area contributed by atoms with Crippen LogP contribution >= 0.6 is 0 Å². The molecule has 7 nitrogen and oxygen atoms in total. The van der Waals surface area contributed by atoms with Crippen molar-refractivity contribution in [2.24, 2.45) is 23.7 Å². The second kappa shape index (κ2) is 9.33. The highest BCUT2D eigenvalue weighted by Gasteiger charge is 2.60. The molecule has 1 aliphatic heterocycles. The lowest BCUT2D eigenvalue weighted by Crippen LogP contribution is -2.61. The number of carbonyl (C=O) groups excluding carboxylic acids is 1. The van der Waals surface area contributed by atoms with E-state index in [2.05, 4.69) is 26.0 Å². The van der Waals surface area contributed by atoms with Gasteiger partial charge in [-0.1, -0.05) is 26.0 Å². The van der Waals surface area contributed by atoms with Gasteiger partial charge in [-0.3, -0.25) is 0 Å². The largest absolute Gasteiger partial charge is 0.476 e. The van der Waals surface area contributed by atoms with Crippen LogP contribution in [0.2, 0.25) is 0 Å². The predicted molar refractivity (Wildman–Crippen MR) is 128 cm³/mol. The minimum absolute atomic E-state index is 0.248. The number of ether oxygens (including phenoxy) is 2. The lowest BCUT2D eigenvalue weighted by Gasteiger charge is -2.55. The molecule has 1 saturated heterocycles. The third-order valence-corrected chi connectivity index (χ3v) is 8.78.